The van der Waals surface area contributed by atoms with Crippen LogP contribution in [-0.2, 0) is 13.1 Å². The van der Waals surface area contributed by atoms with Crippen molar-refractivity contribution < 1.29 is 4.79 Å². The molecule has 0 atom stereocenters. The first-order valence-electron chi connectivity index (χ1n) is 6.99. The first-order valence-corrected chi connectivity index (χ1v) is 7.94. The molecule has 0 radical (unpaired) electrons. The standard InChI is InChI=1S/C16H20N4OS.HI/c1-17-15(21)14-5-3-12(4-6-14)9-19-16(18-2)20-10-13-7-8-22-11-13;/h3-8,11H,9-10H2,1-2H3,(H,17,21)(H2,18,19,20);1H. The largest absolute Gasteiger partial charge is 0.355 e. The molecule has 7 heteroatoms. The van der Waals surface area contributed by atoms with Crippen molar-refractivity contribution >= 4 is 47.2 Å². The summed E-state index contributed by atoms with van der Waals surface area (Å²) in [6.07, 6.45) is 0. The molecule has 0 aliphatic heterocycles. The normalized spacial score (nSPS) is 10.6. The fourth-order valence-electron chi connectivity index (χ4n) is 1.90. The van der Waals surface area contributed by atoms with E-state index >= 15 is 0 Å². The lowest BCUT2D eigenvalue weighted by Gasteiger charge is -2.11. The van der Waals surface area contributed by atoms with Gasteiger partial charge in [-0.15, -0.1) is 24.0 Å². The average Bonchev–Trinajstić information content (AvgIpc) is 3.08. The van der Waals surface area contributed by atoms with E-state index in [-0.39, 0.29) is 29.9 Å². The zero-order valence-corrected chi connectivity index (χ0v) is 16.3. The van der Waals surface area contributed by atoms with Crippen molar-refractivity contribution in [2.24, 2.45) is 4.99 Å². The molecular formula is C16H21IN4OS. The van der Waals surface area contributed by atoms with E-state index in [1.54, 1.807) is 25.4 Å². The molecule has 1 heterocycles. The van der Waals surface area contributed by atoms with Crippen molar-refractivity contribution in [2.45, 2.75) is 13.1 Å². The number of guanidine groups is 1. The van der Waals surface area contributed by atoms with E-state index in [4.69, 9.17) is 0 Å². The van der Waals surface area contributed by atoms with Gasteiger partial charge < -0.3 is 16.0 Å². The first-order chi connectivity index (χ1) is 10.7. The number of aliphatic imine (C=N–C) groups is 1. The van der Waals surface area contributed by atoms with Gasteiger partial charge in [-0.05, 0) is 40.1 Å². The maximum atomic E-state index is 11.5. The number of carbonyl (C=O) groups excluding carboxylic acids is 1. The van der Waals surface area contributed by atoms with Crippen LogP contribution in [0.5, 0.6) is 0 Å². The molecule has 23 heavy (non-hydrogen) atoms. The summed E-state index contributed by atoms with van der Waals surface area (Å²) >= 11 is 1.68. The third-order valence-electron chi connectivity index (χ3n) is 3.17. The van der Waals surface area contributed by atoms with Gasteiger partial charge in [-0.1, -0.05) is 12.1 Å². The third-order valence-corrected chi connectivity index (χ3v) is 3.90. The number of halogens is 1. The summed E-state index contributed by atoms with van der Waals surface area (Å²) < 4.78 is 0. The number of nitrogens with zero attached hydrogens (tertiary/aromatic N) is 1. The summed E-state index contributed by atoms with van der Waals surface area (Å²) in [5.41, 5.74) is 2.99. The van der Waals surface area contributed by atoms with Crippen molar-refractivity contribution in [1.82, 2.24) is 16.0 Å². The number of carbonyl (C=O) groups is 1. The lowest BCUT2D eigenvalue weighted by molar-refractivity contribution is 0.0963. The molecule has 5 nitrogen and oxygen atoms in total. The minimum Gasteiger partial charge on any atom is -0.355 e. The molecule has 0 bridgehead atoms. The second kappa shape index (κ2) is 10.2. The minimum atomic E-state index is -0.0762. The number of benzene rings is 1. The van der Waals surface area contributed by atoms with Gasteiger partial charge in [-0.3, -0.25) is 9.79 Å². The van der Waals surface area contributed by atoms with Crippen molar-refractivity contribution in [1.29, 1.82) is 0 Å². The van der Waals surface area contributed by atoms with Gasteiger partial charge in [0.05, 0.1) is 0 Å². The van der Waals surface area contributed by atoms with Crippen LogP contribution in [0.3, 0.4) is 0 Å². The van der Waals surface area contributed by atoms with Crippen LogP contribution in [0.2, 0.25) is 0 Å². The topological polar surface area (TPSA) is 65.5 Å². The van der Waals surface area contributed by atoms with Crippen LogP contribution >= 0.6 is 35.3 Å². The highest BCUT2D eigenvalue weighted by Gasteiger charge is 2.03. The summed E-state index contributed by atoms with van der Waals surface area (Å²) in [7, 11) is 3.37. The van der Waals surface area contributed by atoms with Gasteiger partial charge in [0.1, 0.15) is 0 Å². The number of nitrogens with one attached hydrogen (secondary N) is 3. The Morgan fingerprint density at radius 3 is 2.26 bits per heavy atom. The van der Waals surface area contributed by atoms with Gasteiger partial charge in [-0.25, -0.2) is 0 Å². The third kappa shape index (κ3) is 6.19. The highest BCUT2D eigenvalue weighted by Crippen LogP contribution is 2.05. The average molecular weight is 444 g/mol. The molecule has 1 amide bonds. The lowest BCUT2D eigenvalue weighted by atomic mass is 10.1. The Balaban J connectivity index is 0.00000264. The zero-order valence-electron chi connectivity index (χ0n) is 13.1. The van der Waals surface area contributed by atoms with E-state index in [1.165, 1.54) is 5.56 Å². The Morgan fingerprint density at radius 2 is 1.74 bits per heavy atom. The summed E-state index contributed by atoms with van der Waals surface area (Å²) in [5.74, 6) is 0.675. The van der Waals surface area contributed by atoms with Crippen LogP contribution in [0.15, 0.2) is 46.1 Å². The van der Waals surface area contributed by atoms with E-state index in [2.05, 4.69) is 37.8 Å². The molecule has 3 N–H and O–H groups in total. The molecule has 2 rings (SSSR count). The van der Waals surface area contributed by atoms with Crippen molar-refractivity contribution in [3.63, 3.8) is 0 Å². The highest BCUT2D eigenvalue weighted by molar-refractivity contribution is 14.0. The summed E-state index contributed by atoms with van der Waals surface area (Å²) in [6, 6.07) is 9.59. The smallest absolute Gasteiger partial charge is 0.251 e. The number of rotatable bonds is 5. The fraction of sp³-hybridized carbons (Fsp3) is 0.250. The maximum Gasteiger partial charge on any atom is 0.251 e. The van der Waals surface area contributed by atoms with E-state index in [0.29, 0.717) is 12.1 Å². The van der Waals surface area contributed by atoms with E-state index in [9.17, 15) is 4.79 Å². The lowest BCUT2D eigenvalue weighted by Crippen LogP contribution is -2.36. The molecule has 1 aromatic heterocycles. The molecular weight excluding hydrogens is 423 g/mol. The number of hydrogen-bond donors (Lipinski definition) is 3. The molecule has 0 spiro atoms. The Kier molecular flexibility index (Phi) is 8.64. The predicted octanol–water partition coefficient (Wildman–Crippen LogP) is 2.59. The molecule has 0 aliphatic rings. The molecule has 0 saturated heterocycles. The summed E-state index contributed by atoms with van der Waals surface area (Å²) in [4.78, 5) is 15.7. The van der Waals surface area contributed by atoms with Crippen LogP contribution in [0.1, 0.15) is 21.5 Å². The van der Waals surface area contributed by atoms with E-state index in [0.717, 1.165) is 18.1 Å². The summed E-state index contributed by atoms with van der Waals surface area (Å²) in [5, 5.41) is 13.3. The van der Waals surface area contributed by atoms with Crippen LogP contribution in [0.4, 0.5) is 0 Å². The van der Waals surface area contributed by atoms with E-state index < -0.39 is 0 Å². The molecule has 0 saturated carbocycles. The molecule has 0 aliphatic carbocycles. The first kappa shape index (κ1) is 19.4. The number of amides is 1. The maximum absolute atomic E-state index is 11.5. The Hall–Kier alpha value is -1.61. The Labute approximate surface area is 157 Å². The zero-order chi connectivity index (χ0) is 15.8. The van der Waals surface area contributed by atoms with Gasteiger partial charge in [-0.2, -0.15) is 11.3 Å². The molecule has 2 aromatic rings. The van der Waals surface area contributed by atoms with Crippen molar-refractivity contribution in [3.05, 3.63) is 57.8 Å². The minimum absolute atomic E-state index is 0. The van der Waals surface area contributed by atoms with Crippen LogP contribution in [-0.4, -0.2) is 26.0 Å². The molecule has 0 fully saturated rings. The molecule has 1 aromatic carbocycles. The highest BCUT2D eigenvalue weighted by atomic mass is 127. The quantitative estimate of drug-likeness (QED) is 0.378. The monoisotopic (exact) mass is 444 g/mol. The van der Waals surface area contributed by atoms with Gasteiger partial charge in [0.15, 0.2) is 5.96 Å². The van der Waals surface area contributed by atoms with E-state index in [1.807, 2.05) is 24.3 Å². The predicted molar refractivity (Wildman–Crippen MR) is 107 cm³/mol. The second-order valence-electron chi connectivity index (χ2n) is 4.69. The number of hydrogen-bond acceptors (Lipinski definition) is 3. The Bertz CT molecular complexity index is 626. The number of thiophene rings is 1. The summed E-state index contributed by atoms with van der Waals surface area (Å²) in [6.45, 7) is 1.40. The van der Waals surface area contributed by atoms with Crippen molar-refractivity contribution in [2.75, 3.05) is 14.1 Å². The van der Waals surface area contributed by atoms with Crippen molar-refractivity contribution in [3.8, 4) is 0 Å². The van der Waals surface area contributed by atoms with Crippen LogP contribution in [0.25, 0.3) is 0 Å². The molecule has 124 valence electrons. The Morgan fingerprint density at radius 1 is 1.09 bits per heavy atom. The fourth-order valence-corrected chi connectivity index (χ4v) is 2.57. The second-order valence-corrected chi connectivity index (χ2v) is 5.47. The van der Waals surface area contributed by atoms with Gasteiger partial charge in [0.25, 0.3) is 5.91 Å². The molecule has 0 unspecified atom stereocenters. The van der Waals surface area contributed by atoms with Gasteiger partial charge in [0.2, 0.25) is 0 Å². The van der Waals surface area contributed by atoms with Gasteiger partial charge >= 0.3 is 0 Å². The SMILES string of the molecule is CN=C(NCc1ccc(C(=O)NC)cc1)NCc1ccsc1.I. The van der Waals surface area contributed by atoms with Gasteiger partial charge in [0, 0.05) is 32.7 Å². The van der Waals surface area contributed by atoms with Crippen LogP contribution in [0, 0.1) is 0 Å². The van der Waals surface area contributed by atoms with Crippen LogP contribution < -0.4 is 16.0 Å².